The Morgan fingerprint density at radius 3 is 2.63 bits per heavy atom. The molecule has 6 heteroatoms. The van der Waals surface area contributed by atoms with Crippen molar-refractivity contribution in [3.63, 3.8) is 0 Å². The van der Waals surface area contributed by atoms with Crippen LogP contribution in [0, 0.1) is 5.82 Å². The third-order valence-electron chi connectivity index (χ3n) is 4.67. The zero-order valence-corrected chi connectivity index (χ0v) is 14.7. The van der Waals surface area contributed by atoms with E-state index >= 15 is 0 Å². The van der Waals surface area contributed by atoms with Gasteiger partial charge in [-0.3, -0.25) is 4.79 Å². The number of nitrogens with zero attached hydrogens (tertiary/aromatic N) is 3. The van der Waals surface area contributed by atoms with Gasteiger partial charge in [0.15, 0.2) is 0 Å². The van der Waals surface area contributed by atoms with Gasteiger partial charge in [0.25, 0.3) is 5.91 Å². The molecule has 2 heterocycles. The smallest absolute Gasteiger partial charge is 0.261 e. The van der Waals surface area contributed by atoms with Gasteiger partial charge in [-0.2, -0.15) is 0 Å². The van der Waals surface area contributed by atoms with E-state index in [0.29, 0.717) is 36.6 Å². The van der Waals surface area contributed by atoms with Crippen molar-refractivity contribution in [1.82, 2.24) is 9.97 Å². The Hall–Kier alpha value is -3.28. The van der Waals surface area contributed by atoms with Crippen molar-refractivity contribution in [2.45, 2.75) is 12.8 Å². The summed E-state index contributed by atoms with van der Waals surface area (Å²) in [5.74, 6) is 0.106. The largest absolute Gasteiger partial charge is 0.354 e. The fourth-order valence-corrected chi connectivity index (χ4v) is 3.24. The monoisotopic (exact) mass is 362 g/mol. The standard InChI is InChI=1S/C21H19FN4O/c22-18-7-3-1-5-15(18)9-11-23-21-24-13-17(14-25-21)20(27)26-12-10-16-6-2-4-8-19(16)26/h1-8,13-14H,9-12H2,(H,23,24,25). The lowest BCUT2D eigenvalue weighted by atomic mass is 10.1. The van der Waals surface area contributed by atoms with Gasteiger partial charge in [0, 0.05) is 31.2 Å². The third-order valence-corrected chi connectivity index (χ3v) is 4.67. The van der Waals surface area contributed by atoms with E-state index < -0.39 is 0 Å². The molecule has 1 amide bonds. The van der Waals surface area contributed by atoms with E-state index in [4.69, 9.17) is 0 Å². The van der Waals surface area contributed by atoms with Gasteiger partial charge >= 0.3 is 0 Å². The van der Waals surface area contributed by atoms with Crippen LogP contribution in [0.15, 0.2) is 60.9 Å². The number of carbonyl (C=O) groups is 1. The minimum absolute atomic E-state index is 0.0992. The number of aromatic nitrogens is 2. The lowest BCUT2D eigenvalue weighted by molar-refractivity contribution is 0.0988. The van der Waals surface area contributed by atoms with E-state index in [1.807, 2.05) is 30.3 Å². The second-order valence-corrected chi connectivity index (χ2v) is 6.40. The Balaban J connectivity index is 1.38. The van der Waals surface area contributed by atoms with Crippen molar-refractivity contribution < 1.29 is 9.18 Å². The predicted molar refractivity (Wildman–Crippen MR) is 102 cm³/mol. The van der Waals surface area contributed by atoms with Crippen LogP contribution in [0.2, 0.25) is 0 Å². The van der Waals surface area contributed by atoms with Gasteiger partial charge in [0.05, 0.1) is 5.56 Å². The highest BCUT2D eigenvalue weighted by molar-refractivity contribution is 6.06. The highest BCUT2D eigenvalue weighted by atomic mass is 19.1. The number of anilines is 2. The number of fused-ring (bicyclic) bond motifs is 1. The normalized spacial score (nSPS) is 12.7. The number of nitrogens with one attached hydrogen (secondary N) is 1. The number of carbonyl (C=O) groups excluding carboxylic acids is 1. The molecule has 27 heavy (non-hydrogen) atoms. The summed E-state index contributed by atoms with van der Waals surface area (Å²) < 4.78 is 13.6. The van der Waals surface area contributed by atoms with E-state index in [1.54, 1.807) is 17.0 Å². The third kappa shape index (κ3) is 3.65. The first-order valence-corrected chi connectivity index (χ1v) is 8.91. The number of rotatable bonds is 5. The quantitative estimate of drug-likeness (QED) is 0.755. The number of para-hydroxylation sites is 1. The molecule has 0 bridgehead atoms. The summed E-state index contributed by atoms with van der Waals surface area (Å²) in [4.78, 5) is 22.9. The SMILES string of the molecule is O=C(c1cnc(NCCc2ccccc2F)nc1)N1CCc2ccccc21. The van der Waals surface area contributed by atoms with Crippen molar-refractivity contribution in [3.8, 4) is 0 Å². The van der Waals surface area contributed by atoms with Gasteiger partial charge in [-0.05, 0) is 36.1 Å². The van der Waals surface area contributed by atoms with Gasteiger partial charge in [0.2, 0.25) is 5.95 Å². The highest BCUT2D eigenvalue weighted by Crippen LogP contribution is 2.28. The van der Waals surface area contributed by atoms with Crippen LogP contribution in [-0.4, -0.2) is 29.0 Å². The van der Waals surface area contributed by atoms with Gasteiger partial charge in [-0.15, -0.1) is 0 Å². The summed E-state index contributed by atoms with van der Waals surface area (Å²) in [6.07, 6.45) is 4.45. The molecule has 0 aliphatic carbocycles. The molecular formula is C21H19FN4O. The number of halogens is 1. The minimum atomic E-state index is -0.216. The summed E-state index contributed by atoms with van der Waals surface area (Å²) in [6, 6.07) is 14.6. The Bertz CT molecular complexity index is 958. The molecule has 0 fully saturated rings. The van der Waals surface area contributed by atoms with Crippen molar-refractivity contribution >= 4 is 17.5 Å². The molecule has 0 saturated carbocycles. The fraction of sp³-hybridized carbons (Fsp3) is 0.190. The summed E-state index contributed by atoms with van der Waals surface area (Å²) in [7, 11) is 0. The molecular weight excluding hydrogens is 343 g/mol. The first kappa shape index (κ1) is 17.1. The van der Waals surface area contributed by atoms with Crippen LogP contribution in [0.1, 0.15) is 21.5 Å². The molecule has 0 radical (unpaired) electrons. The van der Waals surface area contributed by atoms with E-state index in [9.17, 15) is 9.18 Å². The zero-order valence-electron chi connectivity index (χ0n) is 14.7. The second kappa shape index (κ2) is 7.53. The Morgan fingerprint density at radius 2 is 1.81 bits per heavy atom. The number of hydrogen-bond acceptors (Lipinski definition) is 4. The van der Waals surface area contributed by atoms with E-state index in [-0.39, 0.29) is 11.7 Å². The number of hydrogen-bond donors (Lipinski definition) is 1. The second-order valence-electron chi connectivity index (χ2n) is 6.40. The minimum Gasteiger partial charge on any atom is -0.354 e. The Morgan fingerprint density at radius 1 is 1.07 bits per heavy atom. The lowest BCUT2D eigenvalue weighted by Gasteiger charge is -2.17. The summed E-state index contributed by atoms with van der Waals surface area (Å²) in [5, 5.41) is 3.06. The molecule has 0 spiro atoms. The molecule has 1 aromatic heterocycles. The highest BCUT2D eigenvalue weighted by Gasteiger charge is 2.25. The van der Waals surface area contributed by atoms with E-state index in [1.165, 1.54) is 24.0 Å². The topological polar surface area (TPSA) is 58.1 Å². The summed E-state index contributed by atoms with van der Waals surface area (Å²) >= 11 is 0. The molecule has 4 rings (SSSR count). The van der Waals surface area contributed by atoms with E-state index in [0.717, 1.165) is 12.1 Å². The Labute approximate surface area is 156 Å². The molecule has 1 N–H and O–H groups in total. The first-order chi connectivity index (χ1) is 13.2. The molecule has 0 saturated heterocycles. The predicted octanol–water partition coefficient (Wildman–Crippen LogP) is 3.47. The molecule has 5 nitrogen and oxygen atoms in total. The van der Waals surface area contributed by atoms with Gasteiger partial charge < -0.3 is 10.2 Å². The first-order valence-electron chi connectivity index (χ1n) is 8.91. The molecule has 0 atom stereocenters. The number of benzene rings is 2. The van der Waals surface area contributed by atoms with Crippen LogP contribution in [-0.2, 0) is 12.8 Å². The molecule has 136 valence electrons. The van der Waals surface area contributed by atoms with Crippen LogP contribution in [0.5, 0.6) is 0 Å². The summed E-state index contributed by atoms with van der Waals surface area (Å²) in [5.41, 5.74) is 3.23. The van der Waals surface area contributed by atoms with E-state index in [2.05, 4.69) is 15.3 Å². The van der Waals surface area contributed by atoms with Crippen molar-refractivity contribution in [3.05, 3.63) is 83.4 Å². The average molecular weight is 362 g/mol. The summed E-state index contributed by atoms with van der Waals surface area (Å²) in [6.45, 7) is 1.18. The number of amides is 1. The maximum absolute atomic E-state index is 13.6. The molecule has 1 aliphatic heterocycles. The van der Waals surface area contributed by atoms with Gasteiger partial charge in [-0.25, -0.2) is 14.4 Å². The maximum Gasteiger partial charge on any atom is 0.261 e. The van der Waals surface area contributed by atoms with Gasteiger partial charge in [-0.1, -0.05) is 36.4 Å². The van der Waals surface area contributed by atoms with Crippen LogP contribution in [0.4, 0.5) is 16.0 Å². The van der Waals surface area contributed by atoms with Crippen LogP contribution >= 0.6 is 0 Å². The zero-order chi connectivity index (χ0) is 18.6. The Kier molecular flexibility index (Phi) is 4.78. The van der Waals surface area contributed by atoms with Crippen molar-refractivity contribution in [1.29, 1.82) is 0 Å². The molecule has 1 aliphatic rings. The average Bonchev–Trinajstić information content (AvgIpc) is 3.14. The molecule has 2 aromatic carbocycles. The van der Waals surface area contributed by atoms with Crippen LogP contribution in [0.3, 0.4) is 0 Å². The lowest BCUT2D eigenvalue weighted by Crippen LogP contribution is -2.29. The van der Waals surface area contributed by atoms with Crippen LogP contribution in [0.25, 0.3) is 0 Å². The molecule has 0 unspecified atom stereocenters. The van der Waals surface area contributed by atoms with Gasteiger partial charge in [0.1, 0.15) is 5.82 Å². The molecule has 3 aromatic rings. The van der Waals surface area contributed by atoms with Crippen molar-refractivity contribution in [2.75, 3.05) is 23.3 Å². The van der Waals surface area contributed by atoms with Crippen LogP contribution < -0.4 is 10.2 Å². The maximum atomic E-state index is 13.6. The van der Waals surface area contributed by atoms with Crippen molar-refractivity contribution in [2.24, 2.45) is 0 Å². The fourth-order valence-electron chi connectivity index (χ4n) is 3.24.